The first kappa shape index (κ1) is 14.7. The maximum atomic E-state index is 10.3. The Balaban J connectivity index is 3.34. The molecule has 0 fully saturated rings. The van der Waals surface area contributed by atoms with Crippen LogP contribution in [0.5, 0.6) is 0 Å². The van der Waals surface area contributed by atoms with Gasteiger partial charge in [-0.3, -0.25) is 20.2 Å². The first-order valence-electron chi connectivity index (χ1n) is 5.13. The van der Waals surface area contributed by atoms with Crippen molar-refractivity contribution in [1.82, 2.24) is 10.6 Å². The van der Waals surface area contributed by atoms with Gasteiger partial charge in [0.25, 0.3) is 0 Å². The Kier molecular flexibility index (Phi) is 7.31. The Morgan fingerprint density at radius 3 is 1.50 bits per heavy atom. The van der Waals surface area contributed by atoms with Gasteiger partial charge in [0.15, 0.2) is 0 Å². The van der Waals surface area contributed by atoms with Crippen LogP contribution in [0.3, 0.4) is 0 Å². The first-order valence-corrected chi connectivity index (χ1v) is 5.13. The molecule has 0 aromatic heterocycles. The van der Waals surface area contributed by atoms with E-state index in [0.29, 0.717) is 26.2 Å². The maximum Gasteiger partial charge on any atom is 0.222 e. The van der Waals surface area contributed by atoms with Gasteiger partial charge in [-0.05, 0) is 0 Å². The van der Waals surface area contributed by atoms with Gasteiger partial charge in [0, 0.05) is 36.8 Å². The lowest BCUT2D eigenvalue weighted by Gasteiger charge is -2.08. The Morgan fingerprint density at radius 2 is 1.25 bits per heavy atom. The van der Waals surface area contributed by atoms with Crippen molar-refractivity contribution in [2.75, 3.05) is 26.2 Å². The molecule has 2 atom stereocenters. The third-order valence-electron chi connectivity index (χ3n) is 2.08. The van der Waals surface area contributed by atoms with E-state index in [4.69, 9.17) is 0 Å². The van der Waals surface area contributed by atoms with Crippen molar-refractivity contribution in [2.24, 2.45) is 0 Å². The summed E-state index contributed by atoms with van der Waals surface area (Å²) in [4.78, 5) is 19.8. The topological polar surface area (TPSA) is 110 Å². The Bertz CT molecular complexity index is 212. The lowest BCUT2D eigenvalue weighted by Crippen LogP contribution is -2.37. The van der Waals surface area contributed by atoms with Crippen molar-refractivity contribution in [1.29, 1.82) is 0 Å². The Labute approximate surface area is 93.7 Å². The van der Waals surface area contributed by atoms with E-state index in [9.17, 15) is 20.2 Å². The standard InChI is InChI=1S/C8H18N4O4/c1-7(11(13)14)5-9-3-4-10-6-8(2)12(15)16/h7-10H,3-6H2,1-2H3. The molecule has 0 aliphatic heterocycles. The monoisotopic (exact) mass is 234 g/mol. The fourth-order valence-electron chi connectivity index (χ4n) is 0.948. The zero-order chi connectivity index (χ0) is 12.6. The summed E-state index contributed by atoms with van der Waals surface area (Å²) in [5, 5.41) is 26.3. The van der Waals surface area contributed by atoms with Crippen LogP contribution in [0.25, 0.3) is 0 Å². The molecular weight excluding hydrogens is 216 g/mol. The van der Waals surface area contributed by atoms with E-state index in [2.05, 4.69) is 10.6 Å². The minimum Gasteiger partial charge on any atom is -0.309 e. The molecule has 0 spiro atoms. The van der Waals surface area contributed by atoms with E-state index in [1.54, 1.807) is 0 Å². The van der Waals surface area contributed by atoms with Gasteiger partial charge in [-0.25, -0.2) is 0 Å². The minimum atomic E-state index is -0.613. The van der Waals surface area contributed by atoms with Crippen molar-refractivity contribution < 1.29 is 9.85 Å². The molecule has 8 nitrogen and oxygen atoms in total. The van der Waals surface area contributed by atoms with Crippen molar-refractivity contribution in [2.45, 2.75) is 25.9 Å². The maximum absolute atomic E-state index is 10.3. The van der Waals surface area contributed by atoms with E-state index < -0.39 is 12.1 Å². The average molecular weight is 234 g/mol. The normalized spacial score (nSPS) is 14.4. The van der Waals surface area contributed by atoms with E-state index in [-0.39, 0.29) is 9.85 Å². The predicted octanol–water partition coefficient (Wildman–Crippen LogP) is -0.504. The summed E-state index contributed by atoms with van der Waals surface area (Å²) in [6.07, 6.45) is 0. The summed E-state index contributed by atoms with van der Waals surface area (Å²) in [5.74, 6) is 0. The third-order valence-corrected chi connectivity index (χ3v) is 2.08. The molecule has 0 aliphatic rings. The van der Waals surface area contributed by atoms with Gasteiger partial charge in [-0.15, -0.1) is 0 Å². The van der Waals surface area contributed by atoms with Gasteiger partial charge in [0.1, 0.15) is 0 Å². The number of rotatable bonds is 9. The van der Waals surface area contributed by atoms with E-state index in [1.165, 1.54) is 13.8 Å². The van der Waals surface area contributed by atoms with Gasteiger partial charge in [-0.1, -0.05) is 0 Å². The van der Waals surface area contributed by atoms with E-state index in [1.807, 2.05) is 0 Å². The zero-order valence-electron chi connectivity index (χ0n) is 9.51. The second-order valence-corrected chi connectivity index (χ2v) is 3.68. The average Bonchev–Trinajstić information content (AvgIpc) is 2.21. The van der Waals surface area contributed by atoms with Gasteiger partial charge >= 0.3 is 0 Å². The molecular formula is C8H18N4O4. The molecule has 16 heavy (non-hydrogen) atoms. The minimum absolute atomic E-state index is 0.305. The van der Waals surface area contributed by atoms with Crippen molar-refractivity contribution >= 4 is 0 Å². The fraction of sp³-hybridized carbons (Fsp3) is 1.00. The quantitative estimate of drug-likeness (QED) is 0.316. The molecule has 0 rings (SSSR count). The van der Waals surface area contributed by atoms with Crippen LogP contribution < -0.4 is 10.6 Å². The van der Waals surface area contributed by atoms with Crippen molar-refractivity contribution in [3.05, 3.63) is 20.2 Å². The van der Waals surface area contributed by atoms with Crippen LogP contribution in [0.2, 0.25) is 0 Å². The highest BCUT2D eigenvalue weighted by atomic mass is 16.6. The van der Waals surface area contributed by atoms with Crippen LogP contribution in [0.15, 0.2) is 0 Å². The number of nitro groups is 2. The van der Waals surface area contributed by atoms with Crippen molar-refractivity contribution in [3.8, 4) is 0 Å². The van der Waals surface area contributed by atoms with Crippen molar-refractivity contribution in [3.63, 3.8) is 0 Å². The molecule has 2 unspecified atom stereocenters. The predicted molar refractivity (Wildman–Crippen MR) is 58.7 cm³/mol. The molecule has 0 amide bonds. The molecule has 94 valence electrons. The smallest absolute Gasteiger partial charge is 0.222 e. The largest absolute Gasteiger partial charge is 0.309 e. The molecule has 2 N–H and O–H groups in total. The highest BCUT2D eigenvalue weighted by molar-refractivity contribution is 4.58. The van der Waals surface area contributed by atoms with Crippen LogP contribution in [0.1, 0.15) is 13.8 Å². The summed E-state index contributed by atoms with van der Waals surface area (Å²) in [7, 11) is 0. The Morgan fingerprint density at radius 1 is 0.938 bits per heavy atom. The number of nitrogens with one attached hydrogen (secondary N) is 2. The highest BCUT2D eigenvalue weighted by Crippen LogP contribution is 1.85. The second-order valence-electron chi connectivity index (χ2n) is 3.68. The van der Waals surface area contributed by atoms with Gasteiger partial charge in [0.05, 0.1) is 13.1 Å². The molecule has 0 saturated carbocycles. The van der Waals surface area contributed by atoms with E-state index in [0.717, 1.165) is 0 Å². The lowest BCUT2D eigenvalue weighted by molar-refractivity contribution is -0.516. The first-order chi connectivity index (χ1) is 7.45. The number of nitrogens with zero attached hydrogens (tertiary/aromatic N) is 2. The summed E-state index contributed by atoms with van der Waals surface area (Å²) < 4.78 is 0. The molecule has 0 heterocycles. The SMILES string of the molecule is CC(CNCCNCC(C)[N+](=O)[O-])[N+](=O)[O-]. The number of hydrogen-bond donors (Lipinski definition) is 2. The molecule has 0 bridgehead atoms. The molecule has 0 aromatic carbocycles. The van der Waals surface area contributed by atoms with E-state index >= 15 is 0 Å². The summed E-state index contributed by atoms with van der Waals surface area (Å²) in [6, 6.07) is -1.23. The summed E-state index contributed by atoms with van der Waals surface area (Å²) >= 11 is 0. The Hall–Kier alpha value is -1.28. The summed E-state index contributed by atoms with van der Waals surface area (Å²) in [5.41, 5.74) is 0. The van der Waals surface area contributed by atoms with Crippen LogP contribution in [0, 0.1) is 20.2 Å². The van der Waals surface area contributed by atoms with Gasteiger partial charge in [-0.2, -0.15) is 0 Å². The fourth-order valence-corrected chi connectivity index (χ4v) is 0.948. The molecule has 8 heteroatoms. The molecule has 0 radical (unpaired) electrons. The van der Waals surface area contributed by atoms with Crippen LogP contribution in [-0.4, -0.2) is 48.1 Å². The third kappa shape index (κ3) is 7.07. The van der Waals surface area contributed by atoms with Crippen LogP contribution in [0.4, 0.5) is 0 Å². The molecule has 0 saturated heterocycles. The number of hydrogen-bond acceptors (Lipinski definition) is 6. The zero-order valence-corrected chi connectivity index (χ0v) is 9.51. The van der Waals surface area contributed by atoms with Crippen LogP contribution >= 0.6 is 0 Å². The molecule has 0 aliphatic carbocycles. The second kappa shape index (κ2) is 7.94. The molecule has 0 aromatic rings. The van der Waals surface area contributed by atoms with Gasteiger partial charge in [0.2, 0.25) is 12.1 Å². The highest BCUT2D eigenvalue weighted by Gasteiger charge is 2.12. The van der Waals surface area contributed by atoms with Crippen LogP contribution in [-0.2, 0) is 0 Å². The summed E-state index contributed by atoms with van der Waals surface area (Å²) in [6.45, 7) is 4.77. The lowest BCUT2D eigenvalue weighted by atomic mass is 10.3. The van der Waals surface area contributed by atoms with Gasteiger partial charge < -0.3 is 10.6 Å².